The van der Waals surface area contributed by atoms with Crippen molar-refractivity contribution < 1.29 is 9.90 Å². The molecule has 0 fully saturated rings. The van der Waals surface area contributed by atoms with Crippen molar-refractivity contribution >= 4 is 17.3 Å². The number of carboxylic acids is 1. The highest BCUT2D eigenvalue weighted by atomic mass is 32.1. The lowest BCUT2D eigenvalue weighted by Crippen LogP contribution is -2.22. The van der Waals surface area contributed by atoms with Gasteiger partial charge in [-0.1, -0.05) is 19.9 Å². The highest BCUT2D eigenvalue weighted by Gasteiger charge is 2.23. The highest BCUT2D eigenvalue weighted by Crippen LogP contribution is 2.22. The molecular formula is C14H20N4O2S. The average molecular weight is 308 g/mol. The number of tetrazole rings is 1. The molecular weight excluding hydrogens is 288 g/mol. The number of thiophene rings is 1. The standard InChI is InChI=1S/C14H20N4O2S/c1-10(2)12(9-14(19)20)18-13(15-16-17-18)7-3-5-11-6-4-8-21-11/h4,6,8,10,12H,3,5,7,9H2,1-2H3,(H,19,20). The number of aliphatic carboxylic acids is 1. The normalized spacial score (nSPS) is 12.7. The zero-order valence-corrected chi connectivity index (χ0v) is 13.1. The van der Waals surface area contributed by atoms with Crippen molar-refractivity contribution in [1.82, 2.24) is 20.2 Å². The van der Waals surface area contributed by atoms with Crippen molar-refractivity contribution in [2.24, 2.45) is 5.92 Å². The van der Waals surface area contributed by atoms with Gasteiger partial charge in [0.15, 0.2) is 5.82 Å². The van der Waals surface area contributed by atoms with Crippen LogP contribution in [-0.4, -0.2) is 31.3 Å². The van der Waals surface area contributed by atoms with Crippen LogP contribution < -0.4 is 0 Å². The van der Waals surface area contributed by atoms with Gasteiger partial charge in [-0.25, -0.2) is 4.68 Å². The minimum Gasteiger partial charge on any atom is -0.481 e. The molecule has 0 aliphatic rings. The van der Waals surface area contributed by atoms with E-state index in [-0.39, 0.29) is 18.4 Å². The Kier molecular flexibility index (Phi) is 5.44. The lowest BCUT2D eigenvalue weighted by Gasteiger charge is -2.20. The summed E-state index contributed by atoms with van der Waals surface area (Å²) >= 11 is 1.75. The molecule has 114 valence electrons. The zero-order valence-electron chi connectivity index (χ0n) is 12.3. The second-order valence-electron chi connectivity index (χ2n) is 5.38. The molecule has 2 aromatic heterocycles. The summed E-state index contributed by atoms with van der Waals surface area (Å²) in [6.07, 6.45) is 2.75. The molecule has 0 aromatic carbocycles. The lowest BCUT2D eigenvalue weighted by molar-refractivity contribution is -0.138. The summed E-state index contributed by atoms with van der Waals surface area (Å²) in [5.74, 6) is 0.112. The number of rotatable bonds is 8. The van der Waals surface area contributed by atoms with E-state index in [9.17, 15) is 4.79 Å². The minimum atomic E-state index is -0.825. The fourth-order valence-electron chi connectivity index (χ4n) is 2.29. The van der Waals surface area contributed by atoms with E-state index in [1.807, 2.05) is 19.9 Å². The first-order valence-corrected chi connectivity index (χ1v) is 7.96. The Bertz CT molecular complexity index is 565. The number of nitrogens with zero attached hydrogens (tertiary/aromatic N) is 4. The number of hydrogen-bond donors (Lipinski definition) is 1. The Morgan fingerprint density at radius 1 is 1.43 bits per heavy atom. The van der Waals surface area contributed by atoms with E-state index in [1.54, 1.807) is 16.0 Å². The molecule has 1 N–H and O–H groups in total. The molecule has 0 saturated carbocycles. The Labute approximate surface area is 127 Å². The van der Waals surface area contributed by atoms with Crippen molar-refractivity contribution in [3.05, 3.63) is 28.2 Å². The fourth-order valence-corrected chi connectivity index (χ4v) is 3.04. The third-order valence-corrected chi connectivity index (χ3v) is 4.37. The molecule has 0 amide bonds. The van der Waals surface area contributed by atoms with Crippen molar-refractivity contribution in [3.8, 4) is 0 Å². The first-order chi connectivity index (χ1) is 10.1. The van der Waals surface area contributed by atoms with Gasteiger partial charge in [0.1, 0.15) is 0 Å². The average Bonchev–Trinajstić information content (AvgIpc) is 3.07. The summed E-state index contributed by atoms with van der Waals surface area (Å²) in [5.41, 5.74) is 0. The second-order valence-corrected chi connectivity index (χ2v) is 6.41. The van der Waals surface area contributed by atoms with Gasteiger partial charge < -0.3 is 5.11 Å². The van der Waals surface area contributed by atoms with Gasteiger partial charge in [-0.2, -0.15) is 0 Å². The first kappa shape index (κ1) is 15.6. The van der Waals surface area contributed by atoms with E-state index < -0.39 is 5.97 Å². The van der Waals surface area contributed by atoms with Crippen molar-refractivity contribution in [3.63, 3.8) is 0 Å². The molecule has 7 heteroatoms. The first-order valence-electron chi connectivity index (χ1n) is 7.09. The fraction of sp³-hybridized carbons (Fsp3) is 0.571. The number of carboxylic acid groups (broad SMARTS) is 1. The van der Waals surface area contributed by atoms with E-state index in [0.717, 1.165) is 25.1 Å². The van der Waals surface area contributed by atoms with Gasteiger partial charge in [-0.05, 0) is 40.6 Å². The van der Waals surface area contributed by atoms with Crippen LogP contribution in [0, 0.1) is 5.92 Å². The van der Waals surface area contributed by atoms with Crippen LogP contribution in [0.5, 0.6) is 0 Å². The van der Waals surface area contributed by atoms with Crippen LogP contribution in [0.2, 0.25) is 0 Å². The molecule has 0 radical (unpaired) electrons. The van der Waals surface area contributed by atoms with Gasteiger partial charge >= 0.3 is 5.97 Å². The molecule has 2 heterocycles. The number of hydrogen-bond acceptors (Lipinski definition) is 5. The smallest absolute Gasteiger partial charge is 0.305 e. The van der Waals surface area contributed by atoms with Crippen LogP contribution in [0.1, 0.15) is 43.4 Å². The number of aromatic nitrogens is 4. The van der Waals surface area contributed by atoms with E-state index in [4.69, 9.17) is 5.11 Å². The predicted octanol–water partition coefficient (Wildman–Crippen LogP) is 2.58. The molecule has 0 saturated heterocycles. The van der Waals surface area contributed by atoms with E-state index >= 15 is 0 Å². The van der Waals surface area contributed by atoms with Crippen LogP contribution in [0.25, 0.3) is 0 Å². The molecule has 1 unspecified atom stereocenters. The van der Waals surface area contributed by atoms with Crippen molar-refractivity contribution in [2.45, 2.75) is 45.6 Å². The quantitative estimate of drug-likeness (QED) is 0.810. The van der Waals surface area contributed by atoms with E-state index in [1.165, 1.54) is 4.88 Å². The summed E-state index contributed by atoms with van der Waals surface area (Å²) in [4.78, 5) is 12.4. The van der Waals surface area contributed by atoms with Gasteiger partial charge in [-0.3, -0.25) is 4.79 Å². The van der Waals surface area contributed by atoms with Crippen LogP contribution >= 0.6 is 11.3 Å². The van der Waals surface area contributed by atoms with Crippen molar-refractivity contribution in [1.29, 1.82) is 0 Å². The van der Waals surface area contributed by atoms with Gasteiger partial charge in [0, 0.05) is 11.3 Å². The summed E-state index contributed by atoms with van der Waals surface area (Å²) < 4.78 is 1.69. The van der Waals surface area contributed by atoms with Gasteiger partial charge in [0.05, 0.1) is 12.5 Å². The molecule has 0 spiro atoms. The third kappa shape index (κ3) is 4.35. The van der Waals surface area contributed by atoms with Crippen LogP contribution in [-0.2, 0) is 17.6 Å². The van der Waals surface area contributed by atoms with Crippen LogP contribution in [0.4, 0.5) is 0 Å². The summed E-state index contributed by atoms with van der Waals surface area (Å²) in [6, 6.07) is 3.97. The summed E-state index contributed by atoms with van der Waals surface area (Å²) in [6.45, 7) is 3.98. The van der Waals surface area contributed by atoms with Gasteiger partial charge in [0.25, 0.3) is 0 Å². The molecule has 0 aliphatic carbocycles. The molecule has 6 nitrogen and oxygen atoms in total. The van der Waals surface area contributed by atoms with Crippen LogP contribution in [0.15, 0.2) is 17.5 Å². The predicted molar refractivity (Wildman–Crippen MR) is 80.3 cm³/mol. The molecule has 2 aromatic rings. The Hall–Kier alpha value is -1.76. The molecule has 2 rings (SSSR count). The number of carbonyl (C=O) groups is 1. The maximum atomic E-state index is 11.0. The van der Waals surface area contributed by atoms with E-state index in [2.05, 4.69) is 27.0 Å². The maximum Gasteiger partial charge on any atom is 0.305 e. The number of aryl methyl sites for hydroxylation is 2. The Morgan fingerprint density at radius 3 is 2.86 bits per heavy atom. The maximum absolute atomic E-state index is 11.0. The SMILES string of the molecule is CC(C)C(CC(=O)O)n1nnnc1CCCc1cccs1. The second kappa shape index (κ2) is 7.31. The topological polar surface area (TPSA) is 80.9 Å². The molecule has 21 heavy (non-hydrogen) atoms. The molecule has 0 aliphatic heterocycles. The molecule has 0 bridgehead atoms. The lowest BCUT2D eigenvalue weighted by atomic mass is 10.0. The largest absolute Gasteiger partial charge is 0.481 e. The zero-order chi connectivity index (χ0) is 15.2. The van der Waals surface area contributed by atoms with Gasteiger partial charge in [-0.15, -0.1) is 16.4 Å². The third-order valence-electron chi connectivity index (χ3n) is 3.43. The Balaban J connectivity index is 2.00. The Morgan fingerprint density at radius 2 is 2.24 bits per heavy atom. The monoisotopic (exact) mass is 308 g/mol. The summed E-state index contributed by atoms with van der Waals surface area (Å²) in [7, 11) is 0. The summed E-state index contributed by atoms with van der Waals surface area (Å²) in [5, 5.41) is 22.9. The highest BCUT2D eigenvalue weighted by molar-refractivity contribution is 7.09. The molecule has 1 atom stereocenters. The minimum absolute atomic E-state index is 0.0423. The van der Waals surface area contributed by atoms with E-state index in [0.29, 0.717) is 0 Å². The van der Waals surface area contributed by atoms with Crippen molar-refractivity contribution in [2.75, 3.05) is 0 Å². The van der Waals surface area contributed by atoms with Gasteiger partial charge in [0.2, 0.25) is 0 Å². The van der Waals surface area contributed by atoms with Crippen LogP contribution in [0.3, 0.4) is 0 Å².